The molecule has 1 aliphatic rings. The Kier molecular flexibility index (Phi) is 7.37. The van der Waals surface area contributed by atoms with E-state index in [1.165, 1.54) is 0 Å². The van der Waals surface area contributed by atoms with Gasteiger partial charge in [-0.1, -0.05) is 38.1 Å². The Hall–Kier alpha value is -2.82. The van der Waals surface area contributed by atoms with Crippen molar-refractivity contribution in [2.24, 2.45) is 5.92 Å². The van der Waals surface area contributed by atoms with E-state index in [2.05, 4.69) is 37.1 Å². The fourth-order valence-electron chi connectivity index (χ4n) is 4.29. The molecule has 166 valence electrons. The molecule has 2 amide bonds. The van der Waals surface area contributed by atoms with Crippen LogP contribution in [0.1, 0.15) is 52.2 Å². The van der Waals surface area contributed by atoms with E-state index in [1.54, 1.807) is 4.90 Å². The molecule has 0 spiro atoms. The number of amides is 2. The molecular weight excluding hydrogens is 386 g/mol. The monoisotopic (exact) mass is 421 g/mol. The van der Waals surface area contributed by atoms with Crippen LogP contribution in [0, 0.1) is 5.92 Å². The van der Waals surface area contributed by atoms with Gasteiger partial charge in [0.25, 0.3) is 0 Å². The molecule has 0 fully saturated rings. The summed E-state index contributed by atoms with van der Waals surface area (Å²) in [7, 11) is 0. The summed E-state index contributed by atoms with van der Waals surface area (Å²) in [5.74, 6) is 0.162. The van der Waals surface area contributed by atoms with Gasteiger partial charge in [0.1, 0.15) is 6.04 Å². The Bertz CT molecular complexity index is 905. The van der Waals surface area contributed by atoms with Crippen molar-refractivity contribution < 1.29 is 9.59 Å². The van der Waals surface area contributed by atoms with Crippen LogP contribution in [-0.2, 0) is 22.6 Å². The molecule has 1 N–H and O–H groups in total. The number of nitrogens with zero attached hydrogens (tertiary/aromatic N) is 2. The summed E-state index contributed by atoms with van der Waals surface area (Å²) < 4.78 is 0. The fourth-order valence-corrected chi connectivity index (χ4v) is 4.29. The average molecular weight is 422 g/mol. The smallest absolute Gasteiger partial charge is 0.247 e. The molecule has 5 heteroatoms. The van der Waals surface area contributed by atoms with Gasteiger partial charge < -0.3 is 15.1 Å². The topological polar surface area (TPSA) is 52.7 Å². The van der Waals surface area contributed by atoms with Crippen LogP contribution < -0.4 is 10.2 Å². The number of fused-ring (bicyclic) bond motifs is 1. The zero-order valence-electron chi connectivity index (χ0n) is 19.4. The maximum Gasteiger partial charge on any atom is 0.247 e. The SMILES string of the molecule is CCN(c1ccc(NC(=O)C2Cc3ccccc3CN2C(=O)CC(C)C)cc1)C(C)C. The van der Waals surface area contributed by atoms with Crippen LogP contribution in [0.15, 0.2) is 48.5 Å². The summed E-state index contributed by atoms with van der Waals surface area (Å²) in [5, 5.41) is 3.04. The number of nitrogens with one attached hydrogen (secondary N) is 1. The number of carbonyl (C=O) groups is 2. The van der Waals surface area contributed by atoms with E-state index >= 15 is 0 Å². The second-order valence-electron chi connectivity index (χ2n) is 9.02. The Morgan fingerprint density at radius 2 is 1.68 bits per heavy atom. The molecule has 0 radical (unpaired) electrons. The third-order valence-electron chi connectivity index (χ3n) is 5.88. The highest BCUT2D eigenvalue weighted by molar-refractivity contribution is 5.97. The maximum atomic E-state index is 13.2. The van der Waals surface area contributed by atoms with Gasteiger partial charge in [-0.25, -0.2) is 0 Å². The van der Waals surface area contributed by atoms with Crippen molar-refractivity contribution in [3.63, 3.8) is 0 Å². The van der Waals surface area contributed by atoms with Crippen molar-refractivity contribution >= 4 is 23.2 Å². The molecule has 1 unspecified atom stereocenters. The largest absolute Gasteiger partial charge is 0.369 e. The Morgan fingerprint density at radius 1 is 1.03 bits per heavy atom. The molecule has 1 heterocycles. The molecule has 1 aliphatic heterocycles. The van der Waals surface area contributed by atoms with Crippen LogP contribution >= 0.6 is 0 Å². The minimum atomic E-state index is -0.497. The lowest BCUT2D eigenvalue weighted by Crippen LogP contribution is -2.50. The van der Waals surface area contributed by atoms with E-state index in [0.29, 0.717) is 25.4 Å². The highest BCUT2D eigenvalue weighted by Crippen LogP contribution is 2.26. The lowest BCUT2D eigenvalue weighted by molar-refractivity contribution is -0.140. The van der Waals surface area contributed by atoms with Gasteiger partial charge in [-0.15, -0.1) is 0 Å². The van der Waals surface area contributed by atoms with Gasteiger partial charge in [-0.3, -0.25) is 9.59 Å². The fraction of sp³-hybridized carbons (Fsp3) is 0.462. The van der Waals surface area contributed by atoms with Crippen molar-refractivity contribution in [1.82, 2.24) is 4.90 Å². The van der Waals surface area contributed by atoms with Crippen LogP contribution in [0.3, 0.4) is 0 Å². The Morgan fingerprint density at radius 3 is 2.26 bits per heavy atom. The molecule has 5 nitrogen and oxygen atoms in total. The lowest BCUT2D eigenvalue weighted by Gasteiger charge is -2.36. The molecule has 0 bridgehead atoms. The highest BCUT2D eigenvalue weighted by Gasteiger charge is 2.34. The molecule has 0 aromatic heterocycles. The van der Waals surface area contributed by atoms with Crippen molar-refractivity contribution in [2.45, 2.75) is 66.1 Å². The molecule has 3 rings (SSSR count). The van der Waals surface area contributed by atoms with Gasteiger partial charge in [-0.05, 0) is 62.1 Å². The summed E-state index contributed by atoms with van der Waals surface area (Å²) in [5.41, 5.74) is 4.16. The third-order valence-corrected chi connectivity index (χ3v) is 5.88. The van der Waals surface area contributed by atoms with Crippen LogP contribution in [0.4, 0.5) is 11.4 Å². The van der Waals surface area contributed by atoms with E-state index in [0.717, 1.165) is 29.0 Å². The predicted octanol–water partition coefficient (Wildman–Crippen LogP) is 4.86. The number of hydrogen-bond acceptors (Lipinski definition) is 3. The zero-order chi connectivity index (χ0) is 22.5. The van der Waals surface area contributed by atoms with Gasteiger partial charge in [-0.2, -0.15) is 0 Å². The van der Waals surface area contributed by atoms with E-state index < -0.39 is 6.04 Å². The van der Waals surface area contributed by atoms with Gasteiger partial charge in [0, 0.05) is 43.3 Å². The lowest BCUT2D eigenvalue weighted by atomic mass is 9.92. The summed E-state index contributed by atoms with van der Waals surface area (Å²) in [4.78, 5) is 30.2. The first kappa shape index (κ1) is 22.9. The summed E-state index contributed by atoms with van der Waals surface area (Å²) in [6.45, 7) is 12.0. The van der Waals surface area contributed by atoms with Crippen molar-refractivity contribution in [1.29, 1.82) is 0 Å². The van der Waals surface area contributed by atoms with Gasteiger partial charge in [0.2, 0.25) is 11.8 Å². The van der Waals surface area contributed by atoms with Crippen LogP contribution in [0.2, 0.25) is 0 Å². The Balaban J connectivity index is 1.78. The molecule has 2 aromatic carbocycles. The number of anilines is 2. The average Bonchev–Trinajstić information content (AvgIpc) is 2.73. The first-order valence-electron chi connectivity index (χ1n) is 11.3. The summed E-state index contributed by atoms with van der Waals surface area (Å²) in [6.07, 6.45) is 0.990. The zero-order valence-corrected chi connectivity index (χ0v) is 19.4. The summed E-state index contributed by atoms with van der Waals surface area (Å²) >= 11 is 0. The quantitative estimate of drug-likeness (QED) is 0.695. The number of hydrogen-bond donors (Lipinski definition) is 1. The van der Waals surface area contributed by atoms with E-state index in [4.69, 9.17) is 0 Å². The standard InChI is InChI=1S/C26H35N3O2/c1-6-28(19(4)5)23-13-11-22(12-14-23)27-26(31)24-16-20-9-7-8-10-21(20)17-29(24)25(30)15-18(2)3/h7-14,18-19,24H,6,15-17H2,1-5H3,(H,27,31). The first-order chi connectivity index (χ1) is 14.8. The van der Waals surface area contributed by atoms with Crippen LogP contribution in [0.5, 0.6) is 0 Å². The molecular formula is C26H35N3O2. The number of benzene rings is 2. The van der Waals surface area contributed by atoms with Gasteiger partial charge in [0.15, 0.2) is 0 Å². The maximum absolute atomic E-state index is 13.2. The molecule has 0 saturated carbocycles. The van der Waals surface area contributed by atoms with E-state index in [-0.39, 0.29) is 17.7 Å². The molecule has 31 heavy (non-hydrogen) atoms. The van der Waals surface area contributed by atoms with Gasteiger partial charge >= 0.3 is 0 Å². The molecule has 1 atom stereocenters. The summed E-state index contributed by atoms with van der Waals surface area (Å²) in [6, 6.07) is 16.0. The second-order valence-corrected chi connectivity index (χ2v) is 9.02. The van der Waals surface area contributed by atoms with Gasteiger partial charge in [0.05, 0.1) is 0 Å². The minimum Gasteiger partial charge on any atom is -0.369 e. The van der Waals surface area contributed by atoms with Crippen molar-refractivity contribution in [3.05, 3.63) is 59.7 Å². The van der Waals surface area contributed by atoms with Crippen LogP contribution in [-0.4, -0.2) is 35.3 Å². The van der Waals surface area contributed by atoms with E-state index in [9.17, 15) is 9.59 Å². The van der Waals surface area contributed by atoms with Crippen molar-refractivity contribution in [3.8, 4) is 0 Å². The molecule has 2 aromatic rings. The van der Waals surface area contributed by atoms with E-state index in [1.807, 2.05) is 56.3 Å². The highest BCUT2D eigenvalue weighted by atomic mass is 16.2. The molecule has 0 aliphatic carbocycles. The number of rotatable bonds is 7. The normalized spacial score (nSPS) is 15.7. The number of carbonyl (C=O) groups excluding carboxylic acids is 2. The third kappa shape index (κ3) is 5.46. The van der Waals surface area contributed by atoms with Crippen molar-refractivity contribution in [2.75, 3.05) is 16.8 Å². The predicted molar refractivity (Wildman–Crippen MR) is 127 cm³/mol. The second kappa shape index (κ2) is 9.99. The molecule has 0 saturated heterocycles. The first-order valence-corrected chi connectivity index (χ1v) is 11.3. The minimum absolute atomic E-state index is 0.0375. The van der Waals surface area contributed by atoms with Crippen LogP contribution in [0.25, 0.3) is 0 Å². The Labute approximate surface area is 186 Å².